The Kier molecular flexibility index (Phi) is 2.88. The minimum atomic E-state index is 0.00945. The van der Waals surface area contributed by atoms with E-state index in [0.29, 0.717) is 0 Å². The van der Waals surface area contributed by atoms with E-state index < -0.39 is 0 Å². The molecule has 1 aliphatic rings. The lowest BCUT2D eigenvalue weighted by molar-refractivity contribution is 0.301. The first-order valence-corrected chi connectivity index (χ1v) is 5.17. The summed E-state index contributed by atoms with van der Waals surface area (Å²) in [7, 11) is 0. The van der Waals surface area contributed by atoms with Crippen LogP contribution in [0.2, 0.25) is 0 Å². The predicted octanol–water partition coefficient (Wildman–Crippen LogP) is 2.25. The average molecular weight is 200 g/mol. The molecule has 2 N–H and O–H groups in total. The van der Waals surface area contributed by atoms with Crippen LogP contribution in [0.1, 0.15) is 12.5 Å². The Hall–Kier alpha value is -1.54. The van der Waals surface area contributed by atoms with Gasteiger partial charge in [-0.1, -0.05) is 36.4 Å². The molecule has 0 spiro atoms. The molecule has 1 aliphatic heterocycles. The maximum Gasteiger partial charge on any atom is 0.0990 e. The number of hydrogen-bond acceptors (Lipinski definition) is 2. The van der Waals surface area contributed by atoms with Crippen LogP contribution in [0.3, 0.4) is 0 Å². The number of benzene rings is 1. The summed E-state index contributed by atoms with van der Waals surface area (Å²) in [5, 5.41) is 0. The lowest BCUT2D eigenvalue weighted by Gasteiger charge is -2.30. The SMILES string of the molecule is CC1=CC=CN(Cc2ccccc2)C1N. The second-order valence-corrected chi connectivity index (χ2v) is 3.85. The van der Waals surface area contributed by atoms with Crippen molar-refractivity contribution in [2.75, 3.05) is 0 Å². The largest absolute Gasteiger partial charge is 0.354 e. The topological polar surface area (TPSA) is 29.3 Å². The Morgan fingerprint density at radius 1 is 1.27 bits per heavy atom. The predicted molar refractivity (Wildman–Crippen MR) is 62.9 cm³/mol. The van der Waals surface area contributed by atoms with Crippen molar-refractivity contribution in [3.8, 4) is 0 Å². The molecule has 2 rings (SSSR count). The standard InChI is InChI=1S/C13H16N2/c1-11-6-5-9-15(13(11)14)10-12-7-3-2-4-8-12/h2-9,13H,10,14H2,1H3. The zero-order valence-corrected chi connectivity index (χ0v) is 8.93. The highest BCUT2D eigenvalue weighted by molar-refractivity contribution is 5.22. The summed E-state index contributed by atoms with van der Waals surface area (Å²) in [6.07, 6.45) is 6.16. The monoisotopic (exact) mass is 200 g/mol. The lowest BCUT2D eigenvalue weighted by Crippen LogP contribution is -2.40. The Morgan fingerprint density at radius 2 is 2.00 bits per heavy atom. The highest BCUT2D eigenvalue weighted by Crippen LogP contribution is 2.15. The average Bonchev–Trinajstić information content (AvgIpc) is 2.26. The number of nitrogens with zero attached hydrogens (tertiary/aromatic N) is 1. The highest BCUT2D eigenvalue weighted by Gasteiger charge is 2.14. The normalized spacial score (nSPS) is 20.3. The molecule has 1 aromatic rings. The summed E-state index contributed by atoms with van der Waals surface area (Å²) in [6.45, 7) is 2.93. The van der Waals surface area contributed by atoms with E-state index in [1.165, 1.54) is 11.1 Å². The Labute approximate surface area is 90.7 Å². The van der Waals surface area contributed by atoms with Crippen molar-refractivity contribution in [2.24, 2.45) is 5.73 Å². The molecule has 0 aliphatic carbocycles. The summed E-state index contributed by atoms with van der Waals surface area (Å²) < 4.78 is 0. The highest BCUT2D eigenvalue weighted by atomic mass is 15.2. The van der Waals surface area contributed by atoms with E-state index in [1.54, 1.807) is 0 Å². The fraction of sp³-hybridized carbons (Fsp3) is 0.231. The van der Waals surface area contributed by atoms with Gasteiger partial charge in [-0.15, -0.1) is 0 Å². The van der Waals surface area contributed by atoms with Gasteiger partial charge in [-0.05, 0) is 24.1 Å². The summed E-state index contributed by atoms with van der Waals surface area (Å²) in [5.41, 5.74) is 8.56. The molecule has 1 atom stereocenters. The quantitative estimate of drug-likeness (QED) is 0.793. The molecule has 0 saturated heterocycles. The van der Waals surface area contributed by atoms with Gasteiger partial charge < -0.3 is 10.6 Å². The second-order valence-electron chi connectivity index (χ2n) is 3.85. The van der Waals surface area contributed by atoms with Gasteiger partial charge in [0.25, 0.3) is 0 Å². The molecule has 1 heterocycles. The second kappa shape index (κ2) is 4.32. The van der Waals surface area contributed by atoms with Gasteiger partial charge in [-0.2, -0.15) is 0 Å². The minimum Gasteiger partial charge on any atom is -0.354 e. The first-order valence-electron chi connectivity index (χ1n) is 5.17. The van der Waals surface area contributed by atoms with E-state index in [2.05, 4.69) is 42.2 Å². The number of nitrogens with two attached hydrogens (primary N) is 1. The molecule has 0 saturated carbocycles. The third-order valence-electron chi connectivity index (χ3n) is 2.67. The molecule has 0 bridgehead atoms. The van der Waals surface area contributed by atoms with Crippen LogP contribution in [0.5, 0.6) is 0 Å². The Balaban J connectivity index is 2.08. The molecule has 15 heavy (non-hydrogen) atoms. The van der Waals surface area contributed by atoms with Crippen LogP contribution in [0.4, 0.5) is 0 Å². The first kappa shape index (κ1) is 9.99. The fourth-order valence-corrected chi connectivity index (χ4v) is 1.70. The molecule has 2 nitrogen and oxygen atoms in total. The summed E-state index contributed by atoms with van der Waals surface area (Å²) >= 11 is 0. The van der Waals surface area contributed by atoms with Gasteiger partial charge in [0.05, 0.1) is 6.17 Å². The molecule has 1 aromatic carbocycles. The van der Waals surface area contributed by atoms with Crippen molar-refractivity contribution in [1.82, 2.24) is 4.90 Å². The number of hydrogen-bond donors (Lipinski definition) is 1. The van der Waals surface area contributed by atoms with Gasteiger partial charge in [-0.3, -0.25) is 0 Å². The molecular weight excluding hydrogens is 184 g/mol. The maximum absolute atomic E-state index is 6.08. The first-order chi connectivity index (χ1) is 7.27. The van der Waals surface area contributed by atoms with Gasteiger partial charge in [0.2, 0.25) is 0 Å². The summed E-state index contributed by atoms with van der Waals surface area (Å²) in [6, 6.07) is 10.4. The number of rotatable bonds is 2. The minimum absolute atomic E-state index is 0.00945. The zero-order chi connectivity index (χ0) is 10.7. The van der Waals surface area contributed by atoms with Gasteiger partial charge in [0.15, 0.2) is 0 Å². The fourth-order valence-electron chi connectivity index (χ4n) is 1.70. The van der Waals surface area contributed by atoms with E-state index in [1.807, 2.05) is 18.3 Å². The molecule has 0 aromatic heterocycles. The molecule has 0 fully saturated rings. The van der Waals surface area contributed by atoms with Gasteiger partial charge in [-0.25, -0.2) is 0 Å². The third-order valence-corrected chi connectivity index (χ3v) is 2.67. The van der Waals surface area contributed by atoms with E-state index in [0.717, 1.165) is 6.54 Å². The van der Waals surface area contributed by atoms with Crippen LogP contribution >= 0.6 is 0 Å². The molecule has 0 amide bonds. The lowest BCUT2D eigenvalue weighted by atomic mass is 10.1. The van der Waals surface area contributed by atoms with Crippen molar-refractivity contribution >= 4 is 0 Å². The van der Waals surface area contributed by atoms with Crippen LogP contribution in [0.25, 0.3) is 0 Å². The number of allylic oxidation sites excluding steroid dienone is 2. The molecular formula is C13H16N2. The van der Waals surface area contributed by atoms with Crippen LogP contribution in [0, 0.1) is 0 Å². The van der Waals surface area contributed by atoms with Crippen LogP contribution < -0.4 is 5.73 Å². The van der Waals surface area contributed by atoms with E-state index in [4.69, 9.17) is 5.73 Å². The maximum atomic E-state index is 6.08. The van der Waals surface area contributed by atoms with Crippen molar-refractivity contribution in [3.63, 3.8) is 0 Å². The molecule has 1 unspecified atom stereocenters. The van der Waals surface area contributed by atoms with E-state index >= 15 is 0 Å². The van der Waals surface area contributed by atoms with Crippen LogP contribution in [0.15, 0.2) is 54.3 Å². The third kappa shape index (κ3) is 2.28. The molecule has 0 radical (unpaired) electrons. The van der Waals surface area contributed by atoms with Crippen LogP contribution in [-0.4, -0.2) is 11.1 Å². The van der Waals surface area contributed by atoms with Crippen molar-refractivity contribution in [2.45, 2.75) is 19.6 Å². The Morgan fingerprint density at radius 3 is 2.73 bits per heavy atom. The molecule has 2 heteroatoms. The van der Waals surface area contributed by atoms with Crippen LogP contribution in [-0.2, 0) is 6.54 Å². The Bertz CT molecular complexity index is 379. The van der Waals surface area contributed by atoms with Crippen molar-refractivity contribution in [3.05, 3.63) is 59.8 Å². The van der Waals surface area contributed by atoms with E-state index in [9.17, 15) is 0 Å². The molecule has 78 valence electrons. The van der Waals surface area contributed by atoms with E-state index in [-0.39, 0.29) is 6.17 Å². The van der Waals surface area contributed by atoms with Gasteiger partial charge >= 0.3 is 0 Å². The van der Waals surface area contributed by atoms with Gasteiger partial charge in [0.1, 0.15) is 0 Å². The zero-order valence-electron chi connectivity index (χ0n) is 8.93. The van der Waals surface area contributed by atoms with Gasteiger partial charge in [0, 0.05) is 12.7 Å². The summed E-state index contributed by atoms with van der Waals surface area (Å²) in [5.74, 6) is 0. The smallest absolute Gasteiger partial charge is 0.0990 e. The van der Waals surface area contributed by atoms with Crippen molar-refractivity contribution in [1.29, 1.82) is 0 Å². The van der Waals surface area contributed by atoms with Crippen molar-refractivity contribution < 1.29 is 0 Å². The summed E-state index contributed by atoms with van der Waals surface area (Å²) in [4.78, 5) is 2.14.